The molecule has 0 saturated carbocycles. The van der Waals surface area contributed by atoms with E-state index >= 15 is 0 Å². The summed E-state index contributed by atoms with van der Waals surface area (Å²) in [6.45, 7) is 4.29. The van der Waals surface area contributed by atoms with Crippen LogP contribution in [-0.2, 0) is 4.74 Å². The second-order valence-electron chi connectivity index (χ2n) is 6.51. The number of hydrogen-bond donors (Lipinski definition) is 3. The summed E-state index contributed by atoms with van der Waals surface area (Å²) in [6.07, 6.45) is 0. The van der Waals surface area contributed by atoms with Crippen molar-refractivity contribution in [1.29, 1.82) is 0 Å². The van der Waals surface area contributed by atoms with Crippen molar-refractivity contribution < 1.29 is 9.47 Å². The van der Waals surface area contributed by atoms with Gasteiger partial charge in [-0.15, -0.1) is 0 Å². The number of nitrogens with one attached hydrogen (secondary N) is 2. The number of ether oxygens (including phenoxy) is 2. The molecule has 142 valence electrons. The highest BCUT2D eigenvalue weighted by molar-refractivity contribution is 5.97. The van der Waals surface area contributed by atoms with Gasteiger partial charge < -0.3 is 25.4 Å². The zero-order valence-electron chi connectivity index (χ0n) is 15.6. The standard InChI is InChI=1S/C18H23N7O2/c1-10-9-27-5-4-25(10)15-8-12(21-18(20-2)22-15)11-6-13-16(14(7-11)26-3)17(19)24-23-13/h6-8,10H,4-5,9H2,1-3H3,(H3,19,23,24)(H,20,21,22). The molecule has 3 aromatic rings. The lowest BCUT2D eigenvalue weighted by atomic mass is 10.1. The van der Waals surface area contributed by atoms with Gasteiger partial charge in [0.1, 0.15) is 11.6 Å². The number of nitrogens with two attached hydrogens (primary N) is 1. The van der Waals surface area contributed by atoms with E-state index in [4.69, 9.17) is 15.2 Å². The number of nitrogen functional groups attached to an aromatic ring is 1. The summed E-state index contributed by atoms with van der Waals surface area (Å²) in [5.74, 6) is 2.49. The lowest BCUT2D eigenvalue weighted by Crippen LogP contribution is -2.44. The molecule has 0 bridgehead atoms. The van der Waals surface area contributed by atoms with Crippen LogP contribution in [0.25, 0.3) is 22.2 Å². The summed E-state index contributed by atoms with van der Waals surface area (Å²) in [6, 6.07) is 6.12. The Morgan fingerprint density at radius 3 is 2.93 bits per heavy atom. The van der Waals surface area contributed by atoms with E-state index in [-0.39, 0.29) is 6.04 Å². The number of fused-ring (bicyclic) bond motifs is 1. The maximum atomic E-state index is 5.95. The number of aromatic nitrogens is 4. The van der Waals surface area contributed by atoms with E-state index in [1.807, 2.05) is 25.2 Å². The third kappa shape index (κ3) is 3.10. The van der Waals surface area contributed by atoms with Crippen molar-refractivity contribution in [3.63, 3.8) is 0 Å². The Hall–Kier alpha value is -3.07. The molecule has 4 rings (SSSR count). The molecule has 1 aromatic carbocycles. The van der Waals surface area contributed by atoms with Crippen molar-refractivity contribution in [1.82, 2.24) is 20.2 Å². The zero-order chi connectivity index (χ0) is 19.0. The number of methoxy groups -OCH3 is 1. The summed E-state index contributed by atoms with van der Waals surface area (Å²) in [5.41, 5.74) is 8.43. The first-order valence-corrected chi connectivity index (χ1v) is 8.84. The Labute approximate surface area is 156 Å². The van der Waals surface area contributed by atoms with Crippen LogP contribution in [0.4, 0.5) is 17.6 Å². The molecule has 9 heteroatoms. The van der Waals surface area contributed by atoms with Gasteiger partial charge in [-0.3, -0.25) is 5.10 Å². The van der Waals surface area contributed by atoms with Crippen molar-refractivity contribution in [2.75, 3.05) is 49.9 Å². The smallest absolute Gasteiger partial charge is 0.224 e. The molecule has 0 radical (unpaired) electrons. The van der Waals surface area contributed by atoms with E-state index in [1.165, 1.54) is 0 Å². The molecule has 0 aliphatic carbocycles. The van der Waals surface area contributed by atoms with Crippen LogP contribution >= 0.6 is 0 Å². The predicted molar refractivity (Wildman–Crippen MR) is 105 cm³/mol. The first-order valence-electron chi connectivity index (χ1n) is 8.84. The van der Waals surface area contributed by atoms with Gasteiger partial charge in [0, 0.05) is 25.2 Å². The second kappa shape index (κ2) is 6.92. The van der Waals surface area contributed by atoms with Gasteiger partial charge in [0.25, 0.3) is 0 Å². The molecule has 2 aromatic heterocycles. The third-order valence-corrected chi connectivity index (χ3v) is 4.77. The molecule has 1 aliphatic rings. The van der Waals surface area contributed by atoms with Gasteiger partial charge in [0.15, 0.2) is 5.82 Å². The summed E-state index contributed by atoms with van der Waals surface area (Å²) >= 11 is 0. The van der Waals surface area contributed by atoms with Crippen LogP contribution in [0.2, 0.25) is 0 Å². The van der Waals surface area contributed by atoms with Crippen LogP contribution in [-0.4, -0.2) is 60.1 Å². The van der Waals surface area contributed by atoms with Crippen LogP contribution in [0.5, 0.6) is 5.75 Å². The Balaban J connectivity index is 1.83. The summed E-state index contributed by atoms with van der Waals surface area (Å²) in [7, 11) is 3.43. The molecule has 9 nitrogen and oxygen atoms in total. The SMILES string of the molecule is CNc1nc(-c2cc(OC)c3c(N)n[nH]c3c2)cc(N2CCOCC2C)n1. The van der Waals surface area contributed by atoms with Gasteiger partial charge in [-0.25, -0.2) is 4.98 Å². The fraction of sp³-hybridized carbons (Fsp3) is 0.389. The van der Waals surface area contributed by atoms with Crippen molar-refractivity contribution >= 4 is 28.5 Å². The molecule has 1 aliphatic heterocycles. The molecule has 0 amide bonds. The maximum absolute atomic E-state index is 5.95. The van der Waals surface area contributed by atoms with Gasteiger partial charge in [-0.2, -0.15) is 10.1 Å². The highest BCUT2D eigenvalue weighted by atomic mass is 16.5. The predicted octanol–water partition coefficient (Wildman–Crippen LogP) is 1.88. The number of aromatic amines is 1. The highest BCUT2D eigenvalue weighted by Gasteiger charge is 2.22. The summed E-state index contributed by atoms with van der Waals surface area (Å²) in [5, 5.41) is 10.8. The number of benzene rings is 1. The summed E-state index contributed by atoms with van der Waals surface area (Å²) < 4.78 is 11.1. The van der Waals surface area contributed by atoms with E-state index in [0.717, 1.165) is 34.5 Å². The zero-order valence-corrected chi connectivity index (χ0v) is 15.6. The Kier molecular flexibility index (Phi) is 4.44. The van der Waals surface area contributed by atoms with Crippen LogP contribution in [0, 0.1) is 0 Å². The van der Waals surface area contributed by atoms with Crippen LogP contribution in [0.1, 0.15) is 6.92 Å². The van der Waals surface area contributed by atoms with Gasteiger partial charge in [-0.1, -0.05) is 0 Å². The molecule has 0 spiro atoms. The first-order chi connectivity index (χ1) is 13.1. The number of H-pyrrole nitrogens is 1. The molecule has 1 atom stereocenters. The van der Waals surface area contributed by atoms with E-state index < -0.39 is 0 Å². The molecular formula is C18H23N7O2. The molecule has 1 unspecified atom stereocenters. The fourth-order valence-corrected chi connectivity index (χ4v) is 3.36. The lowest BCUT2D eigenvalue weighted by molar-refractivity contribution is 0.0985. The average molecular weight is 369 g/mol. The maximum Gasteiger partial charge on any atom is 0.224 e. The van der Waals surface area contributed by atoms with Gasteiger partial charge >= 0.3 is 0 Å². The lowest BCUT2D eigenvalue weighted by Gasteiger charge is -2.34. The van der Waals surface area contributed by atoms with Gasteiger partial charge in [0.05, 0.1) is 43.0 Å². The minimum atomic E-state index is 0.246. The largest absolute Gasteiger partial charge is 0.496 e. The quantitative estimate of drug-likeness (QED) is 0.639. The van der Waals surface area contributed by atoms with E-state index in [0.29, 0.717) is 30.7 Å². The van der Waals surface area contributed by atoms with E-state index in [1.54, 1.807) is 7.11 Å². The molecular weight excluding hydrogens is 346 g/mol. The van der Waals surface area contributed by atoms with Crippen LogP contribution < -0.4 is 20.7 Å². The first kappa shape index (κ1) is 17.3. The summed E-state index contributed by atoms with van der Waals surface area (Å²) in [4.78, 5) is 11.5. The Morgan fingerprint density at radius 2 is 2.19 bits per heavy atom. The number of anilines is 3. The number of nitrogens with zero attached hydrogens (tertiary/aromatic N) is 4. The van der Waals surface area contributed by atoms with Crippen LogP contribution in [0.15, 0.2) is 18.2 Å². The van der Waals surface area contributed by atoms with Gasteiger partial charge in [-0.05, 0) is 19.1 Å². The van der Waals surface area contributed by atoms with Crippen molar-refractivity contribution in [3.05, 3.63) is 18.2 Å². The third-order valence-electron chi connectivity index (χ3n) is 4.77. The van der Waals surface area contributed by atoms with Gasteiger partial charge in [0.2, 0.25) is 5.95 Å². The van der Waals surface area contributed by atoms with Crippen LogP contribution in [0.3, 0.4) is 0 Å². The minimum absolute atomic E-state index is 0.246. The van der Waals surface area contributed by atoms with E-state index in [2.05, 4.69) is 37.3 Å². The fourth-order valence-electron chi connectivity index (χ4n) is 3.36. The minimum Gasteiger partial charge on any atom is -0.496 e. The Bertz CT molecular complexity index is 972. The average Bonchev–Trinajstić information content (AvgIpc) is 3.08. The van der Waals surface area contributed by atoms with Crippen molar-refractivity contribution in [2.45, 2.75) is 13.0 Å². The normalized spacial score (nSPS) is 17.3. The molecule has 1 saturated heterocycles. The highest BCUT2D eigenvalue weighted by Crippen LogP contribution is 2.35. The molecule has 27 heavy (non-hydrogen) atoms. The number of hydrogen-bond acceptors (Lipinski definition) is 8. The molecule has 1 fully saturated rings. The monoisotopic (exact) mass is 369 g/mol. The molecule has 3 heterocycles. The van der Waals surface area contributed by atoms with Crippen molar-refractivity contribution in [2.24, 2.45) is 0 Å². The second-order valence-corrected chi connectivity index (χ2v) is 6.51. The Morgan fingerprint density at radius 1 is 1.33 bits per heavy atom. The van der Waals surface area contributed by atoms with E-state index in [9.17, 15) is 0 Å². The number of rotatable bonds is 4. The number of morpholine rings is 1. The van der Waals surface area contributed by atoms with Crippen molar-refractivity contribution in [3.8, 4) is 17.0 Å². The topological polar surface area (TPSA) is 114 Å². The molecule has 4 N–H and O–H groups in total.